The first-order chi connectivity index (χ1) is 16.8. The van der Waals surface area contributed by atoms with E-state index in [1.165, 1.54) is 43.9 Å². The Morgan fingerprint density at radius 2 is 1.47 bits per heavy atom. The van der Waals surface area contributed by atoms with Crippen molar-refractivity contribution >= 4 is 11.9 Å². The number of likely N-dealkylation sites (tertiary alicyclic amines) is 1. The van der Waals surface area contributed by atoms with Gasteiger partial charge in [-0.2, -0.15) is 26.3 Å². The van der Waals surface area contributed by atoms with Gasteiger partial charge in [-0.05, 0) is 38.1 Å². The summed E-state index contributed by atoms with van der Waals surface area (Å²) in [6.07, 6.45) is -2.10. The van der Waals surface area contributed by atoms with Crippen molar-refractivity contribution in [3.05, 3.63) is 41.9 Å². The van der Waals surface area contributed by atoms with E-state index in [1.807, 2.05) is 12.1 Å². The number of aromatic nitrogens is 2. The van der Waals surface area contributed by atoms with Gasteiger partial charge in [-0.3, -0.25) is 9.80 Å². The molecule has 9 nitrogen and oxygen atoms in total. The Hall–Kier alpha value is -3.07. The van der Waals surface area contributed by atoms with Crippen molar-refractivity contribution in [2.75, 3.05) is 19.6 Å². The zero-order chi connectivity index (χ0) is 26.9. The maximum Gasteiger partial charge on any atom is 0.490 e. The molecule has 202 valence electrons. The fourth-order valence-electron chi connectivity index (χ4n) is 3.54. The minimum atomic E-state index is -5.08. The van der Waals surface area contributed by atoms with Gasteiger partial charge < -0.3 is 19.2 Å². The Kier molecular flexibility index (Phi) is 10.3. The van der Waals surface area contributed by atoms with Crippen LogP contribution in [0.5, 0.6) is 0 Å². The summed E-state index contributed by atoms with van der Waals surface area (Å²) in [6, 6.07) is 4.00. The number of hydrogen-bond donors (Lipinski definition) is 2. The van der Waals surface area contributed by atoms with Gasteiger partial charge in [0.25, 0.3) is 0 Å². The average molecular weight is 528 g/mol. The number of imidazole rings is 1. The lowest BCUT2D eigenvalue weighted by molar-refractivity contribution is -0.193. The van der Waals surface area contributed by atoms with E-state index in [4.69, 9.17) is 29.2 Å². The lowest BCUT2D eigenvalue weighted by Gasteiger charge is -2.26. The number of carboxylic acid groups (broad SMARTS) is 2. The Bertz CT molecular complexity index is 945. The predicted molar refractivity (Wildman–Crippen MR) is 112 cm³/mol. The van der Waals surface area contributed by atoms with Gasteiger partial charge in [0.15, 0.2) is 0 Å². The molecule has 2 aromatic heterocycles. The first-order valence-corrected chi connectivity index (χ1v) is 10.9. The molecule has 0 atom stereocenters. The summed E-state index contributed by atoms with van der Waals surface area (Å²) in [6.45, 7) is 7.36. The van der Waals surface area contributed by atoms with Gasteiger partial charge in [0.1, 0.15) is 11.6 Å². The first kappa shape index (κ1) is 29.2. The molecule has 2 aromatic rings. The Balaban J connectivity index is 0.000000271. The van der Waals surface area contributed by atoms with E-state index >= 15 is 0 Å². The molecule has 4 heterocycles. The summed E-state index contributed by atoms with van der Waals surface area (Å²) in [5, 5.41) is 14.2. The fourth-order valence-corrected chi connectivity index (χ4v) is 3.54. The second-order valence-electron chi connectivity index (χ2n) is 8.07. The number of aliphatic carboxylic acids is 2. The number of fused-ring (bicyclic) bond motifs is 1. The molecule has 1 fully saturated rings. The molecular formula is C21H26F6N4O5. The van der Waals surface area contributed by atoms with Gasteiger partial charge in [-0.1, -0.05) is 6.42 Å². The molecule has 2 N–H and O–H groups in total. The maximum absolute atomic E-state index is 10.6. The molecule has 2 aliphatic rings. The normalized spacial score (nSPS) is 16.7. The summed E-state index contributed by atoms with van der Waals surface area (Å²) < 4.78 is 71.3. The Morgan fingerprint density at radius 3 is 1.97 bits per heavy atom. The van der Waals surface area contributed by atoms with Crippen molar-refractivity contribution < 1.29 is 50.6 Å². The van der Waals surface area contributed by atoms with Crippen LogP contribution >= 0.6 is 0 Å². The topological polar surface area (TPSA) is 112 Å². The number of carboxylic acids is 2. The van der Waals surface area contributed by atoms with E-state index in [-0.39, 0.29) is 0 Å². The van der Waals surface area contributed by atoms with Gasteiger partial charge in [-0.25, -0.2) is 14.6 Å². The quantitative estimate of drug-likeness (QED) is 0.578. The Morgan fingerprint density at radius 1 is 0.889 bits per heavy atom. The van der Waals surface area contributed by atoms with Crippen molar-refractivity contribution in [2.45, 2.75) is 57.8 Å². The highest BCUT2D eigenvalue weighted by Crippen LogP contribution is 2.18. The number of rotatable bonds is 4. The molecule has 0 saturated carbocycles. The fraction of sp³-hybridized carbons (Fsp3) is 0.571. The molecular weight excluding hydrogens is 502 g/mol. The number of halogens is 6. The molecule has 0 bridgehead atoms. The van der Waals surface area contributed by atoms with E-state index < -0.39 is 24.3 Å². The van der Waals surface area contributed by atoms with Crippen LogP contribution in [0.3, 0.4) is 0 Å². The molecule has 0 aliphatic carbocycles. The van der Waals surface area contributed by atoms with Crippen molar-refractivity contribution in [3.63, 3.8) is 0 Å². The number of carbonyl (C=O) groups is 2. The first-order valence-electron chi connectivity index (χ1n) is 10.9. The summed E-state index contributed by atoms with van der Waals surface area (Å²) in [5.41, 5.74) is 1.23. The van der Waals surface area contributed by atoms with Crippen LogP contribution in [-0.4, -0.2) is 73.5 Å². The zero-order valence-corrected chi connectivity index (χ0v) is 19.1. The molecule has 0 aromatic carbocycles. The molecule has 15 heteroatoms. The van der Waals surface area contributed by atoms with Crippen LogP contribution in [0.1, 0.15) is 36.5 Å². The van der Waals surface area contributed by atoms with Crippen LogP contribution in [0.4, 0.5) is 26.3 Å². The monoisotopic (exact) mass is 528 g/mol. The molecule has 4 rings (SSSR count). The molecule has 0 amide bonds. The maximum atomic E-state index is 10.6. The van der Waals surface area contributed by atoms with Crippen LogP contribution < -0.4 is 0 Å². The van der Waals surface area contributed by atoms with Crippen LogP contribution in [0.2, 0.25) is 0 Å². The van der Waals surface area contributed by atoms with Gasteiger partial charge in [0.05, 0.1) is 25.0 Å². The SMILES string of the molecule is O=C(O)C(F)(F)F.O=C(O)C(F)(F)F.c1coc(CN2CCn3cc(CN4CCCCC4)nc3C2)c1. The van der Waals surface area contributed by atoms with Gasteiger partial charge >= 0.3 is 24.3 Å². The van der Waals surface area contributed by atoms with Crippen molar-refractivity contribution in [1.29, 1.82) is 0 Å². The smallest absolute Gasteiger partial charge is 0.475 e. The van der Waals surface area contributed by atoms with E-state index in [0.29, 0.717) is 0 Å². The second-order valence-corrected chi connectivity index (χ2v) is 8.07. The highest BCUT2D eigenvalue weighted by molar-refractivity contribution is 5.73. The summed E-state index contributed by atoms with van der Waals surface area (Å²) in [7, 11) is 0. The summed E-state index contributed by atoms with van der Waals surface area (Å²) in [5.74, 6) is -3.28. The van der Waals surface area contributed by atoms with E-state index in [2.05, 4.69) is 20.6 Å². The molecule has 0 spiro atoms. The lowest BCUT2D eigenvalue weighted by Crippen LogP contribution is -2.33. The van der Waals surface area contributed by atoms with Crippen LogP contribution in [0.15, 0.2) is 29.0 Å². The number of piperidine rings is 1. The van der Waals surface area contributed by atoms with Crippen LogP contribution in [0, 0.1) is 0 Å². The van der Waals surface area contributed by atoms with Gasteiger partial charge in [0.2, 0.25) is 0 Å². The number of alkyl halides is 6. The molecule has 2 aliphatic heterocycles. The van der Waals surface area contributed by atoms with Crippen molar-refractivity contribution in [2.24, 2.45) is 0 Å². The van der Waals surface area contributed by atoms with E-state index in [0.717, 1.165) is 38.5 Å². The van der Waals surface area contributed by atoms with E-state index in [1.54, 1.807) is 6.26 Å². The van der Waals surface area contributed by atoms with Gasteiger partial charge in [-0.15, -0.1) is 0 Å². The summed E-state index contributed by atoms with van der Waals surface area (Å²) in [4.78, 5) is 27.6. The van der Waals surface area contributed by atoms with Crippen molar-refractivity contribution in [1.82, 2.24) is 19.4 Å². The van der Waals surface area contributed by atoms with Crippen LogP contribution in [0.25, 0.3) is 0 Å². The Labute approximate surface area is 201 Å². The average Bonchev–Trinajstić information content (AvgIpc) is 3.43. The number of hydrogen-bond acceptors (Lipinski definition) is 6. The lowest BCUT2D eigenvalue weighted by atomic mass is 10.1. The zero-order valence-electron chi connectivity index (χ0n) is 19.1. The molecule has 1 saturated heterocycles. The standard InChI is InChI=1S/C17H24N4O.2C2HF3O2/c1-2-6-19(7-3-1)11-15-12-21-9-8-20(14-17(21)18-15)13-16-5-4-10-22-16;2*3-2(4,5)1(6)7/h4-5,10,12H,1-3,6-9,11,13-14H2;2*(H,6,7). The highest BCUT2D eigenvalue weighted by Gasteiger charge is 2.38. The van der Waals surface area contributed by atoms with Crippen LogP contribution in [-0.2, 0) is 35.8 Å². The third kappa shape index (κ3) is 9.89. The molecule has 36 heavy (non-hydrogen) atoms. The molecule has 0 unspecified atom stereocenters. The number of furan rings is 1. The highest BCUT2D eigenvalue weighted by atomic mass is 19.4. The minimum absolute atomic E-state index is 0.876. The van der Waals surface area contributed by atoms with Gasteiger partial charge in [0, 0.05) is 25.8 Å². The number of nitrogens with zero attached hydrogens (tertiary/aromatic N) is 4. The molecule has 0 radical (unpaired) electrons. The minimum Gasteiger partial charge on any atom is -0.475 e. The van der Waals surface area contributed by atoms with E-state index in [9.17, 15) is 26.3 Å². The predicted octanol–water partition coefficient (Wildman–Crippen LogP) is 3.74. The largest absolute Gasteiger partial charge is 0.490 e. The second kappa shape index (κ2) is 12.8. The third-order valence-corrected chi connectivity index (χ3v) is 5.21. The third-order valence-electron chi connectivity index (χ3n) is 5.21. The van der Waals surface area contributed by atoms with Crippen molar-refractivity contribution in [3.8, 4) is 0 Å². The summed E-state index contributed by atoms with van der Waals surface area (Å²) >= 11 is 0.